The number of hydrogen-bond acceptors (Lipinski definition) is 3. The van der Waals surface area contributed by atoms with Crippen LogP contribution in [-0.2, 0) is 9.59 Å². The second-order valence-electron chi connectivity index (χ2n) is 5.28. The van der Waals surface area contributed by atoms with Crippen LogP contribution in [0.25, 0.3) is 0 Å². The van der Waals surface area contributed by atoms with Crippen LogP contribution in [0.3, 0.4) is 0 Å². The highest BCUT2D eigenvalue weighted by Gasteiger charge is 2.30. The molecule has 0 aliphatic heterocycles. The van der Waals surface area contributed by atoms with Crippen molar-refractivity contribution in [3.63, 3.8) is 0 Å². The number of nitriles is 1. The van der Waals surface area contributed by atoms with Gasteiger partial charge >= 0.3 is 0 Å². The van der Waals surface area contributed by atoms with Gasteiger partial charge in [0.1, 0.15) is 5.92 Å². The molecule has 0 spiro atoms. The predicted molar refractivity (Wildman–Crippen MR) is 94.4 cm³/mol. The van der Waals surface area contributed by atoms with Crippen LogP contribution in [0.5, 0.6) is 0 Å². The van der Waals surface area contributed by atoms with E-state index in [0.717, 1.165) is 11.1 Å². The Morgan fingerprint density at radius 1 is 1.04 bits per heavy atom. The molecular formula is C18H14Cl2N2O2. The molecule has 1 unspecified atom stereocenters. The number of carbonyl (C=O) groups excluding carboxylic acids is 2. The number of ketones is 1. The molecule has 2 aromatic rings. The van der Waals surface area contributed by atoms with E-state index in [1.807, 2.05) is 38.1 Å². The molecule has 24 heavy (non-hydrogen) atoms. The fraction of sp³-hybridized carbons (Fsp3) is 0.167. The van der Waals surface area contributed by atoms with Crippen LogP contribution in [0.2, 0.25) is 10.0 Å². The summed E-state index contributed by atoms with van der Waals surface area (Å²) in [5.41, 5.74) is 2.34. The lowest BCUT2D eigenvalue weighted by atomic mass is 9.95. The number of aryl methyl sites for hydroxylation is 2. The van der Waals surface area contributed by atoms with E-state index in [4.69, 9.17) is 23.2 Å². The average Bonchev–Trinajstić information content (AvgIpc) is 2.54. The summed E-state index contributed by atoms with van der Waals surface area (Å²) < 4.78 is 0. The number of Topliss-reactive ketones (excluding diaryl/α,β-unsaturated/α-hetero) is 1. The first-order chi connectivity index (χ1) is 11.4. The van der Waals surface area contributed by atoms with Crippen molar-refractivity contribution in [1.29, 1.82) is 5.26 Å². The van der Waals surface area contributed by atoms with Crippen molar-refractivity contribution in [2.24, 2.45) is 0 Å². The monoisotopic (exact) mass is 360 g/mol. The molecule has 0 fully saturated rings. The molecule has 0 aliphatic rings. The number of benzene rings is 2. The molecule has 1 atom stereocenters. The Balaban J connectivity index is 2.33. The summed E-state index contributed by atoms with van der Waals surface area (Å²) in [5, 5.41) is 12.3. The third kappa shape index (κ3) is 3.59. The van der Waals surface area contributed by atoms with E-state index in [9.17, 15) is 14.9 Å². The van der Waals surface area contributed by atoms with Gasteiger partial charge in [-0.2, -0.15) is 5.26 Å². The first-order valence-electron chi connectivity index (χ1n) is 7.11. The van der Waals surface area contributed by atoms with E-state index in [1.54, 1.807) is 6.07 Å². The zero-order valence-corrected chi connectivity index (χ0v) is 14.6. The van der Waals surface area contributed by atoms with Crippen LogP contribution in [0.15, 0.2) is 36.4 Å². The van der Waals surface area contributed by atoms with E-state index in [1.165, 1.54) is 12.1 Å². The van der Waals surface area contributed by atoms with Crippen LogP contribution >= 0.6 is 23.2 Å². The molecular weight excluding hydrogens is 347 g/mol. The fourth-order valence-electron chi connectivity index (χ4n) is 2.36. The first-order valence-corrected chi connectivity index (χ1v) is 7.87. The second-order valence-corrected chi connectivity index (χ2v) is 6.10. The minimum Gasteiger partial charge on any atom is -0.319 e. The Kier molecular flexibility index (Phi) is 5.61. The highest BCUT2D eigenvalue weighted by Crippen LogP contribution is 2.32. The van der Waals surface area contributed by atoms with E-state index < -0.39 is 17.6 Å². The highest BCUT2D eigenvalue weighted by atomic mass is 35.5. The van der Waals surface area contributed by atoms with Crippen molar-refractivity contribution in [3.05, 3.63) is 63.1 Å². The van der Waals surface area contributed by atoms with Crippen LogP contribution in [0.4, 0.5) is 5.69 Å². The number of amides is 1. The lowest BCUT2D eigenvalue weighted by Gasteiger charge is -2.14. The number of hydrogen-bond donors (Lipinski definition) is 1. The molecule has 2 aromatic carbocycles. The molecule has 4 nitrogen and oxygen atoms in total. The standard InChI is InChI=1S/C18H14Cl2N2O2/c1-10-5-3-6-11(2)16(10)22-18(24)17(23)12(9-21)15-13(19)7-4-8-14(15)20/h3-8,12H,1-2H3,(H,22,24). The second kappa shape index (κ2) is 7.48. The maximum atomic E-state index is 12.5. The number of carbonyl (C=O) groups is 2. The van der Waals surface area contributed by atoms with Gasteiger partial charge in [-0.3, -0.25) is 9.59 Å². The molecule has 0 aromatic heterocycles. The summed E-state index contributed by atoms with van der Waals surface area (Å²) in [5.74, 6) is -3.15. The summed E-state index contributed by atoms with van der Waals surface area (Å²) in [6.45, 7) is 3.64. The molecule has 0 saturated heterocycles. The fourth-order valence-corrected chi connectivity index (χ4v) is 2.97. The lowest BCUT2D eigenvalue weighted by molar-refractivity contribution is -0.135. The van der Waals surface area contributed by atoms with Gasteiger partial charge in [-0.05, 0) is 37.1 Å². The molecule has 2 rings (SSSR count). The highest BCUT2D eigenvalue weighted by molar-refractivity contribution is 6.44. The topological polar surface area (TPSA) is 70.0 Å². The van der Waals surface area contributed by atoms with Gasteiger partial charge in [0.2, 0.25) is 5.78 Å². The SMILES string of the molecule is Cc1cccc(C)c1NC(=O)C(=O)C(C#N)c1c(Cl)cccc1Cl. The van der Waals surface area contributed by atoms with Gasteiger partial charge in [-0.1, -0.05) is 47.5 Å². The van der Waals surface area contributed by atoms with E-state index in [-0.39, 0.29) is 15.6 Å². The summed E-state index contributed by atoms with van der Waals surface area (Å²) >= 11 is 12.1. The van der Waals surface area contributed by atoms with Gasteiger partial charge in [0.05, 0.1) is 6.07 Å². The summed E-state index contributed by atoms with van der Waals surface area (Å²) in [4.78, 5) is 24.8. The third-order valence-corrected chi connectivity index (χ3v) is 4.28. The summed E-state index contributed by atoms with van der Waals surface area (Å²) in [6.07, 6.45) is 0. The molecule has 0 heterocycles. The van der Waals surface area contributed by atoms with Crippen LogP contribution in [0.1, 0.15) is 22.6 Å². The molecule has 1 N–H and O–H groups in total. The smallest absolute Gasteiger partial charge is 0.293 e. The van der Waals surface area contributed by atoms with Crippen LogP contribution in [0, 0.1) is 25.2 Å². The van der Waals surface area contributed by atoms with Gasteiger partial charge in [0.25, 0.3) is 5.91 Å². The average molecular weight is 361 g/mol. The Morgan fingerprint density at radius 2 is 1.54 bits per heavy atom. The Bertz CT molecular complexity index is 816. The maximum Gasteiger partial charge on any atom is 0.293 e. The third-order valence-electron chi connectivity index (χ3n) is 3.62. The Morgan fingerprint density at radius 3 is 2.04 bits per heavy atom. The molecule has 0 radical (unpaired) electrons. The van der Waals surface area contributed by atoms with Gasteiger partial charge in [0.15, 0.2) is 0 Å². The largest absolute Gasteiger partial charge is 0.319 e. The normalized spacial score (nSPS) is 11.5. The zero-order valence-electron chi connectivity index (χ0n) is 13.1. The number of nitrogens with zero attached hydrogens (tertiary/aromatic N) is 1. The van der Waals surface area contributed by atoms with Crippen molar-refractivity contribution in [2.45, 2.75) is 19.8 Å². The zero-order chi connectivity index (χ0) is 17.9. The summed E-state index contributed by atoms with van der Waals surface area (Å²) in [7, 11) is 0. The number of anilines is 1. The van der Waals surface area contributed by atoms with E-state index in [0.29, 0.717) is 5.69 Å². The van der Waals surface area contributed by atoms with Crippen molar-refractivity contribution in [2.75, 3.05) is 5.32 Å². The minimum atomic E-state index is -1.37. The van der Waals surface area contributed by atoms with Crippen molar-refractivity contribution in [1.82, 2.24) is 0 Å². The van der Waals surface area contributed by atoms with Gasteiger partial charge < -0.3 is 5.32 Å². The van der Waals surface area contributed by atoms with Crippen LogP contribution < -0.4 is 5.32 Å². The molecule has 0 saturated carbocycles. The molecule has 122 valence electrons. The van der Waals surface area contributed by atoms with Gasteiger partial charge in [0, 0.05) is 21.3 Å². The number of para-hydroxylation sites is 1. The van der Waals surface area contributed by atoms with E-state index in [2.05, 4.69) is 5.32 Å². The number of halogens is 2. The molecule has 1 amide bonds. The Hall–Kier alpha value is -2.35. The van der Waals surface area contributed by atoms with Crippen molar-refractivity contribution in [3.8, 4) is 6.07 Å². The molecule has 0 aliphatic carbocycles. The maximum absolute atomic E-state index is 12.5. The molecule has 6 heteroatoms. The van der Waals surface area contributed by atoms with Crippen molar-refractivity contribution < 1.29 is 9.59 Å². The first kappa shape index (κ1) is 18.0. The predicted octanol–water partition coefficient (Wildman–Crippen LogP) is 4.43. The Labute approximate surface area is 150 Å². The summed E-state index contributed by atoms with van der Waals surface area (Å²) in [6, 6.07) is 11.9. The van der Waals surface area contributed by atoms with Gasteiger partial charge in [-0.25, -0.2) is 0 Å². The quantitative estimate of drug-likeness (QED) is 0.820. The van der Waals surface area contributed by atoms with Crippen molar-refractivity contribution >= 4 is 40.6 Å². The van der Waals surface area contributed by atoms with E-state index >= 15 is 0 Å². The van der Waals surface area contributed by atoms with Crippen LogP contribution in [-0.4, -0.2) is 11.7 Å². The van der Waals surface area contributed by atoms with Gasteiger partial charge in [-0.15, -0.1) is 0 Å². The number of rotatable bonds is 4. The lowest BCUT2D eigenvalue weighted by Crippen LogP contribution is -2.28. The minimum absolute atomic E-state index is 0.144. The number of nitrogens with one attached hydrogen (secondary N) is 1. The molecule has 0 bridgehead atoms.